The van der Waals surface area contributed by atoms with Crippen molar-refractivity contribution in [1.29, 1.82) is 0 Å². The van der Waals surface area contributed by atoms with Gasteiger partial charge in [-0.1, -0.05) is 51.5 Å². The first-order valence-corrected chi connectivity index (χ1v) is 11.8. The summed E-state index contributed by atoms with van der Waals surface area (Å²) in [6, 6.07) is 7.46. The summed E-state index contributed by atoms with van der Waals surface area (Å²) in [5.74, 6) is 0.138. The van der Waals surface area contributed by atoms with Crippen LogP contribution in [0.2, 0.25) is 0 Å². The Morgan fingerprint density at radius 1 is 1.19 bits per heavy atom. The molecule has 1 aromatic carbocycles. The standard InChI is InChI=1S/C25H35N3O3/c1-4-24(2,3)18-11-13-19(14-12-18)26-21(29)16-28-22(30)25(27-23(28)31)15-7-9-17-8-5-6-10-20(17)25/h5-6,8,10,18-19H,4,7,9,11-16H2,1-3H3,(H,26,29)(H,27,31)/t18?,19?,25-/m1/s1. The molecule has 1 spiro atoms. The highest BCUT2D eigenvalue weighted by Crippen LogP contribution is 2.41. The van der Waals surface area contributed by atoms with Crippen LogP contribution in [-0.4, -0.2) is 35.3 Å². The Balaban J connectivity index is 1.38. The van der Waals surface area contributed by atoms with Crippen molar-refractivity contribution in [3.05, 3.63) is 35.4 Å². The van der Waals surface area contributed by atoms with E-state index in [9.17, 15) is 14.4 Å². The smallest absolute Gasteiger partial charge is 0.325 e. The number of imide groups is 1. The van der Waals surface area contributed by atoms with Crippen LogP contribution in [0.3, 0.4) is 0 Å². The van der Waals surface area contributed by atoms with Crippen molar-refractivity contribution in [2.24, 2.45) is 11.3 Å². The molecule has 2 fully saturated rings. The van der Waals surface area contributed by atoms with Crippen LogP contribution >= 0.6 is 0 Å². The third kappa shape index (κ3) is 3.97. The van der Waals surface area contributed by atoms with Gasteiger partial charge < -0.3 is 10.6 Å². The number of aryl methyl sites for hydroxylation is 1. The molecule has 2 aliphatic carbocycles. The zero-order chi connectivity index (χ0) is 22.2. The van der Waals surface area contributed by atoms with E-state index in [1.54, 1.807) is 0 Å². The molecule has 4 rings (SSSR count). The molecule has 6 nitrogen and oxygen atoms in total. The number of amides is 4. The van der Waals surface area contributed by atoms with Gasteiger partial charge in [0.1, 0.15) is 12.1 Å². The molecule has 3 aliphatic rings. The van der Waals surface area contributed by atoms with Crippen molar-refractivity contribution < 1.29 is 14.4 Å². The van der Waals surface area contributed by atoms with E-state index in [2.05, 4.69) is 31.4 Å². The summed E-state index contributed by atoms with van der Waals surface area (Å²) in [4.78, 5) is 39.9. The fraction of sp³-hybridized carbons (Fsp3) is 0.640. The highest BCUT2D eigenvalue weighted by molar-refractivity contribution is 6.09. The summed E-state index contributed by atoms with van der Waals surface area (Å²) in [5.41, 5.74) is 1.29. The van der Waals surface area contributed by atoms with E-state index in [1.165, 1.54) is 0 Å². The monoisotopic (exact) mass is 425 g/mol. The van der Waals surface area contributed by atoms with Gasteiger partial charge in [0, 0.05) is 6.04 Å². The Morgan fingerprint density at radius 3 is 2.61 bits per heavy atom. The van der Waals surface area contributed by atoms with E-state index in [1.807, 2.05) is 24.3 Å². The minimum atomic E-state index is -1.02. The number of nitrogens with zero attached hydrogens (tertiary/aromatic N) is 1. The zero-order valence-corrected chi connectivity index (χ0v) is 19.0. The third-order valence-electron chi connectivity index (χ3n) is 8.06. The van der Waals surface area contributed by atoms with Crippen LogP contribution in [0, 0.1) is 11.3 Å². The maximum absolute atomic E-state index is 13.3. The van der Waals surface area contributed by atoms with Crippen LogP contribution in [0.1, 0.15) is 76.8 Å². The van der Waals surface area contributed by atoms with Gasteiger partial charge in [-0.25, -0.2) is 4.79 Å². The van der Waals surface area contributed by atoms with E-state index in [0.29, 0.717) is 17.8 Å². The average Bonchev–Trinajstić information content (AvgIpc) is 2.99. The van der Waals surface area contributed by atoms with Crippen LogP contribution in [0.4, 0.5) is 4.79 Å². The maximum Gasteiger partial charge on any atom is 0.325 e. The second kappa shape index (κ2) is 8.29. The fourth-order valence-electron chi connectivity index (χ4n) is 5.68. The predicted octanol–water partition coefficient (Wildman–Crippen LogP) is 3.88. The number of hydrogen-bond donors (Lipinski definition) is 2. The third-order valence-corrected chi connectivity index (χ3v) is 8.06. The number of nitrogens with one attached hydrogen (secondary N) is 2. The van der Waals surface area contributed by atoms with E-state index in [0.717, 1.165) is 61.0 Å². The van der Waals surface area contributed by atoms with Crippen molar-refractivity contribution in [3.63, 3.8) is 0 Å². The molecule has 1 heterocycles. The number of rotatable bonds is 5. The molecule has 31 heavy (non-hydrogen) atoms. The first-order valence-electron chi connectivity index (χ1n) is 11.8. The summed E-state index contributed by atoms with van der Waals surface area (Å²) in [5, 5.41) is 6.00. The maximum atomic E-state index is 13.3. The summed E-state index contributed by atoms with van der Waals surface area (Å²) in [7, 11) is 0. The molecule has 1 saturated heterocycles. The van der Waals surface area contributed by atoms with Gasteiger partial charge in [-0.15, -0.1) is 0 Å². The molecule has 0 radical (unpaired) electrons. The van der Waals surface area contributed by atoms with Crippen LogP contribution in [0.5, 0.6) is 0 Å². The largest absolute Gasteiger partial charge is 0.352 e. The molecule has 1 aliphatic heterocycles. The second-order valence-electron chi connectivity index (χ2n) is 10.2. The Bertz CT molecular complexity index is 873. The number of carbonyl (C=O) groups excluding carboxylic acids is 3. The first-order chi connectivity index (χ1) is 14.8. The van der Waals surface area contributed by atoms with Crippen molar-refractivity contribution in [2.75, 3.05) is 6.54 Å². The molecule has 1 saturated carbocycles. The average molecular weight is 426 g/mol. The Labute approximate surface area is 185 Å². The summed E-state index contributed by atoms with van der Waals surface area (Å²) in [6.45, 7) is 6.68. The quantitative estimate of drug-likeness (QED) is 0.703. The zero-order valence-electron chi connectivity index (χ0n) is 19.0. The molecule has 168 valence electrons. The van der Waals surface area contributed by atoms with Gasteiger partial charge in [0.15, 0.2) is 0 Å². The van der Waals surface area contributed by atoms with Gasteiger partial charge >= 0.3 is 6.03 Å². The van der Waals surface area contributed by atoms with Gasteiger partial charge in [0.2, 0.25) is 5.91 Å². The van der Waals surface area contributed by atoms with Gasteiger partial charge in [-0.2, -0.15) is 0 Å². The molecular formula is C25H35N3O3. The van der Waals surface area contributed by atoms with Crippen molar-refractivity contribution in [2.45, 2.75) is 83.7 Å². The van der Waals surface area contributed by atoms with E-state index >= 15 is 0 Å². The van der Waals surface area contributed by atoms with Crippen LogP contribution < -0.4 is 10.6 Å². The fourth-order valence-corrected chi connectivity index (χ4v) is 5.68. The second-order valence-corrected chi connectivity index (χ2v) is 10.2. The lowest BCUT2D eigenvalue weighted by molar-refractivity contribution is -0.136. The number of benzene rings is 1. The molecular weight excluding hydrogens is 390 g/mol. The molecule has 2 N–H and O–H groups in total. The topological polar surface area (TPSA) is 78.5 Å². The number of carbonyl (C=O) groups is 3. The highest BCUT2D eigenvalue weighted by atomic mass is 16.2. The van der Waals surface area contributed by atoms with Crippen LogP contribution in [-0.2, 0) is 21.5 Å². The van der Waals surface area contributed by atoms with E-state index < -0.39 is 11.6 Å². The number of hydrogen-bond acceptors (Lipinski definition) is 3. The van der Waals surface area contributed by atoms with Gasteiger partial charge in [-0.05, 0) is 67.4 Å². The minimum Gasteiger partial charge on any atom is -0.352 e. The Morgan fingerprint density at radius 2 is 1.90 bits per heavy atom. The van der Waals surface area contributed by atoms with Gasteiger partial charge in [0.25, 0.3) is 5.91 Å². The highest BCUT2D eigenvalue weighted by Gasteiger charge is 2.54. The lowest BCUT2D eigenvalue weighted by Crippen LogP contribution is -2.48. The summed E-state index contributed by atoms with van der Waals surface area (Å²) >= 11 is 0. The number of fused-ring (bicyclic) bond motifs is 2. The molecule has 6 heteroatoms. The van der Waals surface area contributed by atoms with E-state index in [4.69, 9.17) is 0 Å². The number of urea groups is 1. The Hall–Kier alpha value is -2.37. The van der Waals surface area contributed by atoms with E-state index in [-0.39, 0.29) is 24.4 Å². The van der Waals surface area contributed by atoms with Crippen molar-refractivity contribution in [3.8, 4) is 0 Å². The molecule has 0 unspecified atom stereocenters. The molecule has 0 bridgehead atoms. The lowest BCUT2D eigenvalue weighted by Gasteiger charge is -2.39. The molecule has 1 atom stereocenters. The first kappa shape index (κ1) is 21.8. The molecule has 0 aromatic heterocycles. The lowest BCUT2D eigenvalue weighted by atomic mass is 9.69. The molecule has 1 aromatic rings. The van der Waals surface area contributed by atoms with Crippen molar-refractivity contribution >= 4 is 17.8 Å². The normalized spacial score (nSPS) is 28.4. The molecule has 4 amide bonds. The van der Waals surface area contributed by atoms with Gasteiger partial charge in [-0.3, -0.25) is 14.5 Å². The van der Waals surface area contributed by atoms with Crippen LogP contribution in [0.15, 0.2) is 24.3 Å². The summed E-state index contributed by atoms with van der Waals surface area (Å²) in [6.07, 6.45) is 7.59. The summed E-state index contributed by atoms with van der Waals surface area (Å²) < 4.78 is 0. The Kier molecular flexibility index (Phi) is 5.84. The van der Waals surface area contributed by atoms with Crippen molar-refractivity contribution in [1.82, 2.24) is 15.5 Å². The predicted molar refractivity (Wildman–Crippen MR) is 119 cm³/mol. The van der Waals surface area contributed by atoms with Gasteiger partial charge in [0.05, 0.1) is 0 Å². The van der Waals surface area contributed by atoms with Crippen LogP contribution in [0.25, 0.3) is 0 Å². The minimum absolute atomic E-state index is 0.126. The SMILES string of the molecule is CCC(C)(C)C1CCC(NC(=O)CN2C(=O)N[C@@]3(CCCc4ccccc43)C2=O)CC1.